The second-order valence-corrected chi connectivity index (χ2v) is 14.2. The Balaban J connectivity index is 1.14. The van der Waals surface area contributed by atoms with E-state index < -0.39 is 5.41 Å². The van der Waals surface area contributed by atoms with Gasteiger partial charge in [-0.1, -0.05) is 158 Å². The van der Waals surface area contributed by atoms with Gasteiger partial charge in [-0.25, -0.2) is 15.0 Å². The Morgan fingerprint density at radius 1 is 0.463 bits per heavy atom. The molecular formula is C50H33N3O. The van der Waals surface area contributed by atoms with Gasteiger partial charge in [0.15, 0.2) is 17.5 Å². The number of allylic oxidation sites excluding steroid dienone is 4. The molecule has 0 fully saturated rings. The Morgan fingerprint density at radius 2 is 1.11 bits per heavy atom. The molecule has 0 saturated carbocycles. The lowest BCUT2D eigenvalue weighted by Crippen LogP contribution is -2.33. The normalized spacial score (nSPS) is 16.4. The maximum Gasteiger partial charge on any atom is 0.164 e. The Bertz CT molecular complexity index is 2870. The van der Waals surface area contributed by atoms with Crippen LogP contribution in [0.3, 0.4) is 0 Å². The third-order valence-electron chi connectivity index (χ3n) is 11.3. The topological polar surface area (TPSA) is 47.9 Å². The molecule has 1 unspecified atom stereocenters. The van der Waals surface area contributed by atoms with Gasteiger partial charge < -0.3 is 4.74 Å². The molecule has 1 aliphatic heterocycles. The van der Waals surface area contributed by atoms with E-state index in [0.29, 0.717) is 17.5 Å². The maximum absolute atomic E-state index is 6.76. The number of ether oxygens (including phenoxy) is 1. The molecule has 0 bridgehead atoms. The summed E-state index contributed by atoms with van der Waals surface area (Å²) < 4.78 is 6.76. The summed E-state index contributed by atoms with van der Waals surface area (Å²) in [6.07, 6.45) is 6.65. The fourth-order valence-corrected chi connectivity index (χ4v) is 9.02. The average molecular weight is 692 g/mol. The average Bonchev–Trinajstić information content (AvgIpc) is 3.54. The van der Waals surface area contributed by atoms with Crippen molar-refractivity contribution in [2.24, 2.45) is 0 Å². The van der Waals surface area contributed by atoms with E-state index in [1.807, 2.05) is 18.2 Å². The van der Waals surface area contributed by atoms with Crippen LogP contribution in [0.5, 0.6) is 11.5 Å². The summed E-state index contributed by atoms with van der Waals surface area (Å²) in [4.78, 5) is 15.5. The highest BCUT2D eigenvalue weighted by Gasteiger charge is 2.52. The first-order valence-corrected chi connectivity index (χ1v) is 18.6. The van der Waals surface area contributed by atoms with Crippen LogP contribution in [-0.2, 0) is 5.41 Å². The van der Waals surface area contributed by atoms with Crippen LogP contribution in [-0.4, -0.2) is 15.0 Å². The number of nitrogens with zero attached hydrogens (tertiary/aromatic N) is 3. The second-order valence-electron chi connectivity index (χ2n) is 14.2. The molecule has 0 N–H and O–H groups in total. The summed E-state index contributed by atoms with van der Waals surface area (Å²) >= 11 is 0. The Kier molecular flexibility index (Phi) is 6.86. The quantitative estimate of drug-likeness (QED) is 0.184. The molecule has 254 valence electrons. The van der Waals surface area contributed by atoms with Gasteiger partial charge in [-0.2, -0.15) is 0 Å². The molecule has 7 aromatic carbocycles. The number of para-hydroxylation sites is 1. The predicted molar refractivity (Wildman–Crippen MR) is 217 cm³/mol. The molecule has 3 aliphatic rings. The lowest BCUT2D eigenvalue weighted by Gasteiger charge is -2.41. The van der Waals surface area contributed by atoms with Crippen molar-refractivity contribution in [2.75, 3.05) is 0 Å². The minimum absolute atomic E-state index is 0.471. The lowest BCUT2D eigenvalue weighted by atomic mass is 9.64. The molecule has 1 atom stereocenters. The summed E-state index contributed by atoms with van der Waals surface area (Å²) in [6.45, 7) is 0. The number of benzene rings is 7. The van der Waals surface area contributed by atoms with E-state index in [1.54, 1.807) is 0 Å². The number of hydrogen-bond acceptors (Lipinski definition) is 4. The molecule has 1 aromatic heterocycles. The predicted octanol–water partition coefficient (Wildman–Crippen LogP) is 12.3. The van der Waals surface area contributed by atoms with Crippen LogP contribution in [0.2, 0.25) is 0 Å². The molecule has 1 spiro atoms. The van der Waals surface area contributed by atoms with Crippen molar-refractivity contribution in [1.82, 2.24) is 15.0 Å². The van der Waals surface area contributed by atoms with Gasteiger partial charge in [0.2, 0.25) is 0 Å². The molecule has 8 aromatic rings. The Morgan fingerprint density at radius 3 is 2.00 bits per heavy atom. The zero-order valence-electron chi connectivity index (χ0n) is 29.4. The monoisotopic (exact) mass is 691 g/mol. The third kappa shape index (κ3) is 4.53. The standard InChI is InChI=1S/C50H33N3O/c1-2-16-33(17-3-1)47-51-48(53-49(52-47)40-24-14-18-32-15-4-5-19-35(32)40)39-23-7-6-20-36(39)34-29-30-46-44(31-34)50(43-27-12-13-28-45(43)54-46)41-25-10-8-21-37(41)38-22-9-11-26-42(38)50/h1-10,12-25,27-31H,11,26H2. The number of hydrogen-bond donors (Lipinski definition) is 0. The van der Waals surface area contributed by atoms with Crippen LogP contribution in [0, 0.1) is 0 Å². The number of rotatable bonds is 4. The van der Waals surface area contributed by atoms with E-state index in [4.69, 9.17) is 19.7 Å². The third-order valence-corrected chi connectivity index (χ3v) is 11.3. The summed E-state index contributed by atoms with van der Waals surface area (Å²) in [6, 6.07) is 57.6. The van der Waals surface area contributed by atoms with Crippen molar-refractivity contribution in [2.45, 2.75) is 18.3 Å². The maximum atomic E-state index is 6.76. The molecule has 54 heavy (non-hydrogen) atoms. The van der Waals surface area contributed by atoms with E-state index in [0.717, 1.165) is 62.9 Å². The van der Waals surface area contributed by atoms with Gasteiger partial charge in [0.25, 0.3) is 0 Å². The molecule has 0 saturated heterocycles. The van der Waals surface area contributed by atoms with E-state index in [-0.39, 0.29) is 0 Å². The van der Waals surface area contributed by atoms with Crippen molar-refractivity contribution in [3.05, 3.63) is 204 Å². The highest BCUT2D eigenvalue weighted by molar-refractivity contribution is 5.96. The van der Waals surface area contributed by atoms with Crippen molar-refractivity contribution in [1.29, 1.82) is 0 Å². The first-order valence-electron chi connectivity index (χ1n) is 18.6. The van der Waals surface area contributed by atoms with Crippen molar-refractivity contribution < 1.29 is 4.74 Å². The molecule has 4 heteroatoms. The lowest BCUT2D eigenvalue weighted by molar-refractivity contribution is 0.432. The first-order chi connectivity index (χ1) is 26.8. The van der Waals surface area contributed by atoms with Crippen LogP contribution in [0.15, 0.2) is 182 Å². The zero-order chi connectivity index (χ0) is 35.6. The van der Waals surface area contributed by atoms with Crippen molar-refractivity contribution in [3.8, 4) is 56.8 Å². The van der Waals surface area contributed by atoms with E-state index in [9.17, 15) is 0 Å². The van der Waals surface area contributed by atoms with Crippen LogP contribution in [0.25, 0.3) is 61.6 Å². The number of aromatic nitrogens is 3. The molecule has 4 nitrogen and oxygen atoms in total. The fraction of sp³-hybridized carbons (Fsp3) is 0.0600. The number of fused-ring (bicyclic) bond motifs is 9. The Hall–Kier alpha value is -6.91. The van der Waals surface area contributed by atoms with Gasteiger partial charge in [-0.3, -0.25) is 0 Å². The minimum atomic E-state index is -0.471. The van der Waals surface area contributed by atoms with Gasteiger partial charge in [0.05, 0.1) is 5.41 Å². The van der Waals surface area contributed by atoms with Crippen molar-refractivity contribution in [3.63, 3.8) is 0 Å². The van der Waals surface area contributed by atoms with Gasteiger partial charge in [0.1, 0.15) is 11.5 Å². The minimum Gasteiger partial charge on any atom is -0.457 e. The summed E-state index contributed by atoms with van der Waals surface area (Å²) in [5, 5.41) is 2.25. The molecule has 2 aliphatic carbocycles. The van der Waals surface area contributed by atoms with Gasteiger partial charge >= 0.3 is 0 Å². The molecule has 11 rings (SSSR count). The molecule has 0 amide bonds. The summed E-state index contributed by atoms with van der Waals surface area (Å²) in [5.74, 6) is 3.71. The zero-order valence-corrected chi connectivity index (χ0v) is 29.4. The SMILES string of the molecule is C1=CC2=C(CC1)C1(c3ccccc3Oc3ccc(-c4ccccc4-c4nc(-c5ccccc5)nc(-c5cccc6ccccc56)n4)cc31)c1ccccc12. The van der Waals surface area contributed by atoms with Crippen molar-refractivity contribution >= 4 is 16.3 Å². The van der Waals surface area contributed by atoms with Crippen LogP contribution >= 0.6 is 0 Å². The van der Waals surface area contributed by atoms with Gasteiger partial charge in [0, 0.05) is 27.8 Å². The van der Waals surface area contributed by atoms with Crippen LogP contribution in [0.4, 0.5) is 0 Å². The van der Waals surface area contributed by atoms with Crippen LogP contribution in [0.1, 0.15) is 35.1 Å². The molecule has 0 radical (unpaired) electrons. The smallest absolute Gasteiger partial charge is 0.164 e. The van der Waals surface area contributed by atoms with Gasteiger partial charge in [-0.05, 0) is 75.2 Å². The second kappa shape index (κ2) is 12.1. The highest BCUT2D eigenvalue weighted by Crippen LogP contribution is 2.63. The largest absolute Gasteiger partial charge is 0.457 e. The summed E-state index contributed by atoms with van der Waals surface area (Å²) in [5.41, 5.74) is 12.3. The van der Waals surface area contributed by atoms with Gasteiger partial charge in [-0.15, -0.1) is 0 Å². The van der Waals surface area contributed by atoms with E-state index >= 15 is 0 Å². The first kappa shape index (κ1) is 30.7. The Labute approximate surface area is 313 Å². The molecule has 2 heterocycles. The fourth-order valence-electron chi connectivity index (χ4n) is 9.02. The van der Waals surface area contributed by atoms with E-state index in [1.165, 1.54) is 33.4 Å². The van der Waals surface area contributed by atoms with E-state index in [2.05, 4.69) is 158 Å². The highest BCUT2D eigenvalue weighted by atomic mass is 16.5. The molecular weight excluding hydrogens is 659 g/mol. The van der Waals surface area contributed by atoms with Crippen LogP contribution < -0.4 is 4.74 Å². The summed E-state index contributed by atoms with van der Waals surface area (Å²) in [7, 11) is 0.